The third-order valence-electron chi connectivity index (χ3n) is 2.55. The first-order valence-corrected chi connectivity index (χ1v) is 7.23. The van der Waals surface area contributed by atoms with Crippen LogP contribution in [0.25, 0.3) is 5.65 Å². The van der Waals surface area contributed by atoms with Gasteiger partial charge in [0.15, 0.2) is 11.5 Å². The second-order valence-corrected chi connectivity index (χ2v) is 5.20. The number of pyridine rings is 1. The molecule has 0 atom stereocenters. The third-order valence-corrected chi connectivity index (χ3v) is 3.53. The Kier molecular flexibility index (Phi) is 4.94. The van der Waals surface area contributed by atoms with Gasteiger partial charge in [0.25, 0.3) is 0 Å². The molecular weight excluding hydrogens is 278 g/mol. The maximum Gasteiger partial charge on any atom is 0.227 e. The quantitative estimate of drug-likeness (QED) is 0.697. The molecular formula is C12H15N5O2S. The van der Waals surface area contributed by atoms with Gasteiger partial charge < -0.3 is 11.1 Å². The summed E-state index contributed by atoms with van der Waals surface area (Å²) in [4.78, 5) is 22.2. The number of aromatic nitrogens is 3. The standard InChI is InChI=1S/C12H15N5O2S/c13-9(18)8-20-6-4-12(19)14-7-11-16-15-10-3-1-2-5-17(10)11/h1-3,5H,4,6-8H2,(H2,13,18)(H,14,19). The Morgan fingerprint density at radius 3 is 3.00 bits per heavy atom. The number of nitrogens with one attached hydrogen (secondary N) is 1. The van der Waals surface area contributed by atoms with E-state index in [1.165, 1.54) is 11.8 Å². The lowest BCUT2D eigenvalue weighted by molar-refractivity contribution is -0.121. The number of thioether (sulfide) groups is 1. The third kappa shape index (κ3) is 3.95. The van der Waals surface area contributed by atoms with Gasteiger partial charge in [0.1, 0.15) is 0 Å². The maximum absolute atomic E-state index is 11.6. The van der Waals surface area contributed by atoms with Gasteiger partial charge in [-0.25, -0.2) is 0 Å². The summed E-state index contributed by atoms with van der Waals surface area (Å²) >= 11 is 1.35. The van der Waals surface area contributed by atoms with E-state index in [1.807, 2.05) is 28.8 Å². The van der Waals surface area contributed by atoms with E-state index in [0.717, 1.165) is 5.65 Å². The zero-order valence-corrected chi connectivity index (χ0v) is 11.6. The normalized spacial score (nSPS) is 10.6. The molecule has 0 saturated heterocycles. The van der Waals surface area contributed by atoms with Crippen molar-refractivity contribution in [3.8, 4) is 0 Å². The number of primary amides is 1. The summed E-state index contributed by atoms with van der Waals surface area (Å²) in [6.07, 6.45) is 2.19. The number of carbonyl (C=O) groups excluding carboxylic acids is 2. The fourth-order valence-corrected chi connectivity index (χ4v) is 2.29. The molecule has 2 heterocycles. The summed E-state index contributed by atoms with van der Waals surface area (Å²) in [6.45, 7) is 0.324. The smallest absolute Gasteiger partial charge is 0.227 e. The van der Waals surface area contributed by atoms with E-state index in [4.69, 9.17) is 5.73 Å². The predicted molar refractivity (Wildman–Crippen MR) is 76.0 cm³/mol. The van der Waals surface area contributed by atoms with Gasteiger partial charge in [0.05, 0.1) is 12.3 Å². The highest BCUT2D eigenvalue weighted by Crippen LogP contribution is 2.03. The molecule has 20 heavy (non-hydrogen) atoms. The van der Waals surface area contributed by atoms with Crippen molar-refractivity contribution in [2.24, 2.45) is 5.73 Å². The second kappa shape index (κ2) is 6.90. The van der Waals surface area contributed by atoms with Crippen molar-refractivity contribution in [1.82, 2.24) is 19.9 Å². The molecule has 3 N–H and O–H groups in total. The number of nitrogens with two attached hydrogens (primary N) is 1. The summed E-state index contributed by atoms with van der Waals surface area (Å²) in [5, 5.41) is 10.8. The van der Waals surface area contributed by atoms with Gasteiger partial charge >= 0.3 is 0 Å². The topological polar surface area (TPSA) is 102 Å². The van der Waals surface area contributed by atoms with Crippen LogP contribution in [0.5, 0.6) is 0 Å². The Balaban J connectivity index is 1.77. The number of amides is 2. The first kappa shape index (κ1) is 14.3. The first-order chi connectivity index (χ1) is 9.66. The van der Waals surface area contributed by atoms with E-state index in [-0.39, 0.29) is 17.6 Å². The number of fused-ring (bicyclic) bond motifs is 1. The van der Waals surface area contributed by atoms with Gasteiger partial charge in [0, 0.05) is 18.4 Å². The molecule has 0 aliphatic carbocycles. The van der Waals surface area contributed by atoms with Gasteiger partial charge in [0.2, 0.25) is 11.8 Å². The lowest BCUT2D eigenvalue weighted by Crippen LogP contribution is -2.24. The Hall–Kier alpha value is -2.09. The molecule has 0 bridgehead atoms. The van der Waals surface area contributed by atoms with E-state index in [0.29, 0.717) is 24.5 Å². The monoisotopic (exact) mass is 293 g/mol. The minimum atomic E-state index is -0.370. The van der Waals surface area contributed by atoms with E-state index >= 15 is 0 Å². The summed E-state index contributed by atoms with van der Waals surface area (Å²) in [7, 11) is 0. The Morgan fingerprint density at radius 1 is 1.35 bits per heavy atom. The van der Waals surface area contributed by atoms with Gasteiger partial charge in [-0.15, -0.1) is 10.2 Å². The number of nitrogens with zero attached hydrogens (tertiary/aromatic N) is 3. The molecule has 0 aliphatic rings. The minimum absolute atomic E-state index is 0.0883. The van der Waals surface area contributed by atoms with Gasteiger partial charge in [-0.2, -0.15) is 11.8 Å². The fraction of sp³-hybridized carbons (Fsp3) is 0.333. The van der Waals surface area contributed by atoms with Crippen molar-refractivity contribution in [1.29, 1.82) is 0 Å². The molecule has 0 radical (unpaired) electrons. The van der Waals surface area contributed by atoms with Crippen LogP contribution >= 0.6 is 11.8 Å². The fourth-order valence-electron chi connectivity index (χ4n) is 1.62. The lowest BCUT2D eigenvalue weighted by Gasteiger charge is -2.03. The number of hydrogen-bond acceptors (Lipinski definition) is 5. The molecule has 0 aliphatic heterocycles. The summed E-state index contributed by atoms with van der Waals surface area (Å²) in [6, 6.07) is 5.60. The van der Waals surface area contributed by atoms with Gasteiger partial charge in [-0.05, 0) is 12.1 Å². The highest BCUT2D eigenvalue weighted by atomic mass is 32.2. The van der Waals surface area contributed by atoms with Crippen molar-refractivity contribution in [3.63, 3.8) is 0 Å². The molecule has 0 fully saturated rings. The predicted octanol–water partition coefficient (Wildman–Crippen LogP) is -0.0459. The maximum atomic E-state index is 11.6. The van der Waals surface area contributed by atoms with Crippen LogP contribution in [-0.2, 0) is 16.1 Å². The van der Waals surface area contributed by atoms with Crippen LogP contribution in [0, 0.1) is 0 Å². The molecule has 0 saturated carbocycles. The van der Waals surface area contributed by atoms with Crippen LogP contribution in [0.2, 0.25) is 0 Å². The highest BCUT2D eigenvalue weighted by Gasteiger charge is 2.07. The van der Waals surface area contributed by atoms with E-state index in [1.54, 1.807) is 0 Å². The average molecular weight is 293 g/mol. The molecule has 0 aromatic carbocycles. The molecule has 7 nitrogen and oxygen atoms in total. The van der Waals surface area contributed by atoms with E-state index < -0.39 is 0 Å². The van der Waals surface area contributed by atoms with E-state index in [2.05, 4.69) is 15.5 Å². The Labute approximate surface area is 119 Å². The van der Waals surface area contributed by atoms with Gasteiger partial charge in [-0.3, -0.25) is 14.0 Å². The number of hydrogen-bond donors (Lipinski definition) is 2. The van der Waals surface area contributed by atoms with Crippen LogP contribution in [0.1, 0.15) is 12.2 Å². The minimum Gasteiger partial charge on any atom is -0.369 e. The molecule has 2 amide bonds. The number of rotatable bonds is 7. The van der Waals surface area contributed by atoms with Crippen LogP contribution < -0.4 is 11.1 Å². The van der Waals surface area contributed by atoms with Crippen molar-refractivity contribution in [2.75, 3.05) is 11.5 Å². The average Bonchev–Trinajstić information content (AvgIpc) is 2.84. The zero-order valence-electron chi connectivity index (χ0n) is 10.8. The van der Waals surface area contributed by atoms with Gasteiger partial charge in [-0.1, -0.05) is 6.07 Å². The molecule has 8 heteroatoms. The van der Waals surface area contributed by atoms with Crippen LogP contribution in [0.3, 0.4) is 0 Å². The summed E-state index contributed by atoms with van der Waals surface area (Å²) in [5.41, 5.74) is 5.75. The molecule has 2 aromatic rings. The molecule has 0 unspecified atom stereocenters. The Bertz CT molecular complexity index is 613. The Morgan fingerprint density at radius 2 is 2.20 bits per heavy atom. The largest absolute Gasteiger partial charge is 0.369 e. The molecule has 0 spiro atoms. The number of carbonyl (C=O) groups is 2. The molecule has 2 rings (SSSR count). The highest BCUT2D eigenvalue weighted by molar-refractivity contribution is 7.99. The molecule has 106 valence electrons. The van der Waals surface area contributed by atoms with Crippen molar-refractivity contribution >= 4 is 29.2 Å². The van der Waals surface area contributed by atoms with Crippen molar-refractivity contribution < 1.29 is 9.59 Å². The van der Waals surface area contributed by atoms with E-state index in [9.17, 15) is 9.59 Å². The van der Waals surface area contributed by atoms with Crippen LogP contribution in [0.15, 0.2) is 24.4 Å². The SMILES string of the molecule is NC(=O)CSCCC(=O)NCc1nnc2ccccn12. The molecule has 2 aromatic heterocycles. The van der Waals surface area contributed by atoms with Crippen molar-refractivity contribution in [3.05, 3.63) is 30.2 Å². The van der Waals surface area contributed by atoms with Crippen LogP contribution in [-0.4, -0.2) is 37.9 Å². The summed E-state index contributed by atoms with van der Waals surface area (Å²) in [5.74, 6) is 1.02. The van der Waals surface area contributed by atoms with Crippen molar-refractivity contribution in [2.45, 2.75) is 13.0 Å². The first-order valence-electron chi connectivity index (χ1n) is 6.08. The van der Waals surface area contributed by atoms with Crippen LogP contribution in [0.4, 0.5) is 0 Å². The zero-order chi connectivity index (χ0) is 14.4. The summed E-state index contributed by atoms with van der Waals surface area (Å²) < 4.78 is 1.82. The lowest BCUT2D eigenvalue weighted by atomic mass is 10.4. The second-order valence-electron chi connectivity index (χ2n) is 4.09.